The molecule has 2 unspecified atom stereocenters. The lowest BCUT2D eigenvalue weighted by Crippen LogP contribution is -2.42. The summed E-state index contributed by atoms with van der Waals surface area (Å²) in [5.74, 6) is -1.63. The van der Waals surface area contributed by atoms with E-state index >= 15 is 0 Å². The van der Waals surface area contributed by atoms with Crippen molar-refractivity contribution in [2.24, 2.45) is 5.14 Å². The number of benzene rings is 2. The number of anilines is 1. The van der Waals surface area contributed by atoms with E-state index in [1.54, 1.807) is 18.2 Å². The van der Waals surface area contributed by atoms with Crippen molar-refractivity contribution in [3.05, 3.63) is 54.6 Å². The lowest BCUT2D eigenvalue weighted by Gasteiger charge is -2.17. The Kier molecular flexibility index (Phi) is 7.31. The fourth-order valence-electron chi connectivity index (χ4n) is 2.25. The summed E-state index contributed by atoms with van der Waals surface area (Å²) >= 11 is 0. The van der Waals surface area contributed by atoms with Gasteiger partial charge < -0.3 is 10.1 Å². The molecule has 0 fully saturated rings. The summed E-state index contributed by atoms with van der Waals surface area (Å²) in [7, 11) is -7.80. The molecule has 2 aromatic rings. The molecule has 30 heavy (non-hydrogen) atoms. The third-order valence-corrected chi connectivity index (χ3v) is 6.34. The predicted octanol–water partition coefficient (Wildman–Crippen LogP) is 0.571. The van der Waals surface area contributed by atoms with Gasteiger partial charge in [-0.15, -0.1) is 0 Å². The van der Waals surface area contributed by atoms with Crippen LogP contribution in [-0.2, 0) is 34.4 Å². The molecule has 0 bridgehead atoms. The highest BCUT2D eigenvalue weighted by Gasteiger charge is 2.26. The van der Waals surface area contributed by atoms with Crippen LogP contribution >= 0.6 is 0 Å². The molecule has 2 atom stereocenters. The van der Waals surface area contributed by atoms with Crippen LogP contribution in [0.1, 0.15) is 13.8 Å². The van der Waals surface area contributed by atoms with Gasteiger partial charge in [-0.05, 0) is 50.2 Å². The number of primary sulfonamides is 1. The maximum Gasteiger partial charge on any atom is 0.324 e. The van der Waals surface area contributed by atoms with E-state index in [-0.39, 0.29) is 15.5 Å². The number of nitrogens with two attached hydrogens (primary N) is 1. The number of sulfonamides is 2. The van der Waals surface area contributed by atoms with E-state index in [4.69, 9.17) is 9.88 Å². The van der Waals surface area contributed by atoms with E-state index in [9.17, 15) is 26.4 Å². The standard InChI is InChI=1S/C18H21N3O7S2/c1-12(21-30(26,27)16-6-4-3-5-7-16)18(23)28-13(2)17(22)20-14-8-10-15(11-9-14)29(19,24)25/h3-13,21H,1-2H3,(H,20,22)(H2,19,24,25). The molecular weight excluding hydrogens is 434 g/mol. The number of amides is 1. The van der Waals surface area contributed by atoms with Gasteiger partial charge >= 0.3 is 5.97 Å². The number of carbonyl (C=O) groups excluding carboxylic acids is 2. The molecule has 0 saturated heterocycles. The van der Waals surface area contributed by atoms with Gasteiger partial charge in [0.2, 0.25) is 20.0 Å². The van der Waals surface area contributed by atoms with Crippen LogP contribution in [0.4, 0.5) is 5.69 Å². The average molecular weight is 456 g/mol. The molecule has 162 valence electrons. The Labute approximate surface area is 174 Å². The van der Waals surface area contributed by atoms with E-state index < -0.39 is 44.1 Å². The monoisotopic (exact) mass is 455 g/mol. The lowest BCUT2D eigenvalue weighted by molar-refractivity contribution is -0.154. The van der Waals surface area contributed by atoms with Gasteiger partial charge in [0, 0.05) is 5.69 Å². The Morgan fingerprint density at radius 2 is 1.47 bits per heavy atom. The largest absolute Gasteiger partial charge is 0.451 e. The minimum Gasteiger partial charge on any atom is -0.451 e. The second kappa shape index (κ2) is 9.34. The first-order valence-electron chi connectivity index (χ1n) is 8.62. The van der Waals surface area contributed by atoms with Crippen molar-refractivity contribution in [3.8, 4) is 0 Å². The van der Waals surface area contributed by atoms with Gasteiger partial charge in [-0.2, -0.15) is 4.72 Å². The number of hydrogen-bond acceptors (Lipinski definition) is 7. The Balaban J connectivity index is 1.95. The number of hydrogen-bond donors (Lipinski definition) is 3. The Hall–Kier alpha value is -2.80. The molecule has 0 aromatic heterocycles. The quantitative estimate of drug-likeness (QED) is 0.490. The second-order valence-corrected chi connectivity index (χ2v) is 9.57. The van der Waals surface area contributed by atoms with Crippen LogP contribution in [0, 0.1) is 0 Å². The molecule has 0 saturated carbocycles. The van der Waals surface area contributed by atoms with Gasteiger partial charge in [0.15, 0.2) is 6.10 Å². The van der Waals surface area contributed by atoms with Gasteiger partial charge in [0.1, 0.15) is 6.04 Å². The number of nitrogens with one attached hydrogen (secondary N) is 2. The number of esters is 1. The first-order valence-corrected chi connectivity index (χ1v) is 11.6. The summed E-state index contributed by atoms with van der Waals surface area (Å²) in [6.07, 6.45) is -1.24. The molecule has 2 rings (SSSR count). The zero-order chi connectivity index (χ0) is 22.5. The third kappa shape index (κ3) is 6.35. The first kappa shape index (κ1) is 23.5. The van der Waals surface area contributed by atoms with Gasteiger partial charge in [-0.3, -0.25) is 9.59 Å². The number of rotatable bonds is 8. The van der Waals surface area contributed by atoms with Crippen molar-refractivity contribution < 1.29 is 31.2 Å². The zero-order valence-electron chi connectivity index (χ0n) is 16.1. The highest BCUT2D eigenvalue weighted by molar-refractivity contribution is 7.89. The van der Waals surface area contributed by atoms with Crippen molar-refractivity contribution in [1.82, 2.24) is 4.72 Å². The lowest BCUT2D eigenvalue weighted by atomic mass is 10.3. The summed E-state index contributed by atoms with van der Waals surface area (Å²) in [5, 5.41) is 7.45. The second-order valence-electron chi connectivity index (χ2n) is 6.29. The van der Waals surface area contributed by atoms with Crippen LogP contribution in [0.3, 0.4) is 0 Å². The molecule has 0 aliphatic heterocycles. The normalized spacial score (nSPS) is 13.8. The Morgan fingerprint density at radius 1 is 0.900 bits per heavy atom. The fraction of sp³-hybridized carbons (Fsp3) is 0.222. The van der Waals surface area contributed by atoms with E-state index in [2.05, 4.69) is 10.0 Å². The highest BCUT2D eigenvalue weighted by Crippen LogP contribution is 2.14. The Morgan fingerprint density at radius 3 is 2.00 bits per heavy atom. The van der Waals surface area contributed by atoms with Crippen LogP contribution in [-0.4, -0.2) is 40.9 Å². The summed E-state index contributed by atoms with van der Waals surface area (Å²) < 4.78 is 54.2. The van der Waals surface area contributed by atoms with Gasteiger partial charge in [-0.25, -0.2) is 22.0 Å². The van der Waals surface area contributed by atoms with E-state index in [1.165, 1.54) is 50.2 Å². The third-order valence-electron chi connectivity index (χ3n) is 3.85. The van der Waals surface area contributed by atoms with E-state index in [0.29, 0.717) is 0 Å². The predicted molar refractivity (Wildman–Crippen MR) is 108 cm³/mol. The summed E-state index contributed by atoms with van der Waals surface area (Å²) in [6, 6.07) is 11.3. The van der Waals surface area contributed by atoms with Gasteiger partial charge in [-0.1, -0.05) is 18.2 Å². The smallest absolute Gasteiger partial charge is 0.324 e. The van der Waals surface area contributed by atoms with Crippen LogP contribution in [0.25, 0.3) is 0 Å². The topological polar surface area (TPSA) is 162 Å². The maximum atomic E-state index is 12.3. The van der Waals surface area contributed by atoms with E-state index in [0.717, 1.165) is 0 Å². The maximum absolute atomic E-state index is 12.3. The van der Waals surface area contributed by atoms with Crippen molar-refractivity contribution in [2.45, 2.75) is 35.8 Å². The number of ether oxygens (including phenoxy) is 1. The zero-order valence-corrected chi connectivity index (χ0v) is 17.7. The van der Waals surface area contributed by atoms with Crippen LogP contribution in [0.2, 0.25) is 0 Å². The highest BCUT2D eigenvalue weighted by atomic mass is 32.2. The summed E-state index contributed by atoms with van der Waals surface area (Å²) in [5.41, 5.74) is 0.258. The van der Waals surface area contributed by atoms with Gasteiger partial charge in [0.05, 0.1) is 9.79 Å². The summed E-state index contributed by atoms with van der Waals surface area (Å²) in [6.45, 7) is 2.60. The Bertz CT molecular complexity index is 1120. The van der Waals surface area contributed by atoms with Crippen LogP contribution in [0.5, 0.6) is 0 Å². The van der Waals surface area contributed by atoms with E-state index in [1.807, 2.05) is 0 Å². The SMILES string of the molecule is CC(NS(=O)(=O)c1ccccc1)C(=O)OC(C)C(=O)Nc1ccc(S(N)(=O)=O)cc1. The molecular formula is C18H21N3O7S2. The molecule has 10 nitrogen and oxygen atoms in total. The van der Waals surface area contributed by atoms with Crippen molar-refractivity contribution in [3.63, 3.8) is 0 Å². The molecule has 1 amide bonds. The van der Waals surface area contributed by atoms with Crippen LogP contribution in [0.15, 0.2) is 64.4 Å². The molecule has 4 N–H and O–H groups in total. The molecule has 2 aromatic carbocycles. The number of carbonyl (C=O) groups is 2. The van der Waals surface area contributed by atoms with Crippen molar-refractivity contribution in [2.75, 3.05) is 5.32 Å². The summed E-state index contributed by atoms with van der Waals surface area (Å²) in [4.78, 5) is 24.2. The molecule has 12 heteroatoms. The van der Waals surface area contributed by atoms with Crippen LogP contribution < -0.4 is 15.2 Å². The first-order chi connectivity index (χ1) is 13.9. The molecule has 0 heterocycles. The van der Waals surface area contributed by atoms with Crippen molar-refractivity contribution >= 4 is 37.6 Å². The molecule has 0 radical (unpaired) electrons. The fourth-order valence-corrected chi connectivity index (χ4v) is 3.98. The average Bonchev–Trinajstić information content (AvgIpc) is 2.68. The molecule has 0 aliphatic rings. The minimum absolute atomic E-state index is 0.0154. The molecule has 0 spiro atoms. The molecule has 0 aliphatic carbocycles. The minimum atomic E-state index is -3.94. The van der Waals surface area contributed by atoms with Crippen molar-refractivity contribution in [1.29, 1.82) is 0 Å². The van der Waals surface area contributed by atoms with Gasteiger partial charge in [0.25, 0.3) is 5.91 Å².